The Morgan fingerprint density at radius 3 is 2.43 bits per heavy atom. The van der Waals surface area contributed by atoms with Crippen LogP contribution in [0.2, 0.25) is 0 Å². The highest BCUT2D eigenvalue weighted by Crippen LogP contribution is 2.23. The molecule has 0 bridgehead atoms. The topological polar surface area (TPSA) is 69.7 Å². The molecule has 1 saturated carbocycles. The van der Waals surface area contributed by atoms with Gasteiger partial charge in [0.2, 0.25) is 15.9 Å². The Bertz CT molecular complexity index is 780. The van der Waals surface area contributed by atoms with Crippen LogP contribution < -0.4 is 5.32 Å². The number of amides is 1. The molecule has 1 heterocycles. The molecule has 0 unspecified atom stereocenters. The first-order valence-corrected chi connectivity index (χ1v) is 11.9. The van der Waals surface area contributed by atoms with Gasteiger partial charge in [-0.3, -0.25) is 9.69 Å². The van der Waals surface area contributed by atoms with Gasteiger partial charge < -0.3 is 5.32 Å². The molecular weight excluding hydrogens is 374 g/mol. The van der Waals surface area contributed by atoms with Crippen molar-refractivity contribution in [3.63, 3.8) is 0 Å². The Hall–Kier alpha value is -1.44. The maximum absolute atomic E-state index is 13.0. The summed E-state index contributed by atoms with van der Waals surface area (Å²) in [5, 5.41) is 3.07. The van der Waals surface area contributed by atoms with E-state index in [1.165, 1.54) is 32.1 Å². The second kappa shape index (κ2) is 9.37. The Balaban J connectivity index is 1.48. The number of carbonyl (C=O) groups excluding carboxylic acids is 1. The molecule has 156 valence electrons. The van der Waals surface area contributed by atoms with E-state index in [4.69, 9.17) is 0 Å². The highest BCUT2D eigenvalue weighted by atomic mass is 32.2. The first kappa shape index (κ1) is 21.3. The molecule has 0 atom stereocenters. The lowest BCUT2D eigenvalue weighted by Crippen LogP contribution is -2.51. The molecule has 3 rings (SSSR count). The van der Waals surface area contributed by atoms with Crippen LogP contribution in [0.3, 0.4) is 0 Å². The predicted molar refractivity (Wildman–Crippen MR) is 111 cm³/mol. The van der Waals surface area contributed by atoms with Crippen molar-refractivity contribution in [2.75, 3.05) is 39.3 Å². The van der Waals surface area contributed by atoms with Crippen molar-refractivity contribution in [2.24, 2.45) is 5.92 Å². The van der Waals surface area contributed by atoms with Gasteiger partial charge in [0.25, 0.3) is 0 Å². The summed E-state index contributed by atoms with van der Waals surface area (Å²) in [5.74, 6) is 0.675. The number of hydrogen-bond donors (Lipinski definition) is 1. The zero-order valence-electron chi connectivity index (χ0n) is 17.1. The number of nitrogens with zero attached hydrogens (tertiary/aromatic N) is 2. The van der Waals surface area contributed by atoms with Crippen molar-refractivity contribution in [1.82, 2.24) is 14.5 Å². The largest absolute Gasteiger partial charge is 0.355 e. The quantitative estimate of drug-likeness (QED) is 0.786. The predicted octanol–water partition coefficient (Wildman–Crippen LogP) is 2.31. The number of nitrogens with one attached hydrogen (secondary N) is 1. The maximum Gasteiger partial charge on any atom is 0.243 e. The molecule has 1 aliphatic carbocycles. The smallest absolute Gasteiger partial charge is 0.243 e. The normalized spacial score (nSPS) is 20.2. The molecule has 1 amide bonds. The van der Waals surface area contributed by atoms with Crippen molar-refractivity contribution >= 4 is 15.9 Å². The van der Waals surface area contributed by atoms with Crippen LogP contribution in [0.4, 0.5) is 0 Å². The summed E-state index contributed by atoms with van der Waals surface area (Å²) in [6.45, 7) is 6.88. The summed E-state index contributed by atoms with van der Waals surface area (Å²) in [4.78, 5) is 14.7. The van der Waals surface area contributed by atoms with E-state index in [0.29, 0.717) is 43.5 Å². The molecule has 6 nitrogen and oxygen atoms in total. The second-order valence-electron chi connectivity index (χ2n) is 8.26. The maximum atomic E-state index is 13.0. The number of piperazine rings is 1. The first-order valence-electron chi connectivity index (χ1n) is 10.4. The van der Waals surface area contributed by atoms with E-state index < -0.39 is 10.0 Å². The van der Waals surface area contributed by atoms with E-state index in [9.17, 15) is 13.2 Å². The monoisotopic (exact) mass is 407 g/mol. The Labute approximate surface area is 169 Å². The highest BCUT2D eigenvalue weighted by Gasteiger charge is 2.30. The molecule has 0 aromatic heterocycles. The summed E-state index contributed by atoms with van der Waals surface area (Å²) < 4.78 is 27.5. The van der Waals surface area contributed by atoms with E-state index >= 15 is 0 Å². The molecule has 0 radical (unpaired) electrons. The molecule has 2 aliphatic rings. The second-order valence-corrected chi connectivity index (χ2v) is 10.2. The van der Waals surface area contributed by atoms with Gasteiger partial charge >= 0.3 is 0 Å². The number of benzene rings is 1. The summed E-state index contributed by atoms with van der Waals surface area (Å²) in [6, 6.07) is 5.53. The minimum Gasteiger partial charge on any atom is -0.355 e. The highest BCUT2D eigenvalue weighted by molar-refractivity contribution is 7.89. The fourth-order valence-electron chi connectivity index (χ4n) is 4.16. The van der Waals surface area contributed by atoms with Crippen molar-refractivity contribution < 1.29 is 13.2 Å². The number of hydrogen-bond acceptors (Lipinski definition) is 4. The van der Waals surface area contributed by atoms with Crippen molar-refractivity contribution in [1.29, 1.82) is 0 Å². The van der Waals surface area contributed by atoms with Gasteiger partial charge in [0.05, 0.1) is 11.4 Å². The lowest BCUT2D eigenvalue weighted by Gasteiger charge is -2.34. The van der Waals surface area contributed by atoms with Gasteiger partial charge in [0.1, 0.15) is 0 Å². The molecule has 1 N–H and O–H groups in total. The Morgan fingerprint density at radius 1 is 1.07 bits per heavy atom. The molecule has 2 fully saturated rings. The van der Waals surface area contributed by atoms with Crippen molar-refractivity contribution in [3.05, 3.63) is 29.3 Å². The van der Waals surface area contributed by atoms with E-state index in [2.05, 4.69) is 5.32 Å². The summed E-state index contributed by atoms with van der Waals surface area (Å²) in [6.07, 6.45) is 6.30. The van der Waals surface area contributed by atoms with E-state index in [1.807, 2.05) is 30.9 Å². The third-order valence-corrected chi connectivity index (χ3v) is 8.01. The van der Waals surface area contributed by atoms with E-state index in [-0.39, 0.29) is 5.91 Å². The fourth-order valence-corrected chi connectivity index (χ4v) is 5.89. The van der Waals surface area contributed by atoms with Gasteiger partial charge in [-0.05, 0) is 49.8 Å². The summed E-state index contributed by atoms with van der Waals surface area (Å²) in [7, 11) is -3.49. The van der Waals surface area contributed by atoms with Crippen LogP contribution in [-0.2, 0) is 14.8 Å². The minimum absolute atomic E-state index is 0.0522. The van der Waals surface area contributed by atoms with Gasteiger partial charge in [-0.1, -0.05) is 31.4 Å². The van der Waals surface area contributed by atoms with Crippen molar-refractivity contribution in [3.8, 4) is 0 Å². The van der Waals surface area contributed by atoms with Crippen LogP contribution >= 0.6 is 0 Å². The molecule has 1 aromatic carbocycles. The lowest BCUT2D eigenvalue weighted by atomic mass is 9.89. The lowest BCUT2D eigenvalue weighted by molar-refractivity contribution is -0.122. The molecule has 28 heavy (non-hydrogen) atoms. The average Bonchev–Trinajstić information content (AvgIpc) is 2.69. The summed E-state index contributed by atoms with van der Waals surface area (Å²) >= 11 is 0. The van der Waals surface area contributed by atoms with Crippen LogP contribution in [0, 0.1) is 19.8 Å². The SMILES string of the molecule is Cc1ccc(C)c(S(=O)(=O)N2CCN(CC(=O)NCC3CCCCC3)CC2)c1. The molecule has 1 aliphatic heterocycles. The van der Waals surface area contributed by atoms with Crippen LogP contribution in [0.1, 0.15) is 43.2 Å². The Morgan fingerprint density at radius 2 is 1.75 bits per heavy atom. The van der Waals surface area contributed by atoms with E-state index in [1.54, 1.807) is 10.4 Å². The first-order chi connectivity index (χ1) is 13.4. The van der Waals surface area contributed by atoms with Gasteiger partial charge in [0, 0.05) is 32.7 Å². The van der Waals surface area contributed by atoms with Crippen LogP contribution in [0.5, 0.6) is 0 Å². The van der Waals surface area contributed by atoms with Gasteiger partial charge in [-0.2, -0.15) is 4.31 Å². The molecule has 1 aromatic rings. The van der Waals surface area contributed by atoms with Gasteiger partial charge in [-0.25, -0.2) is 8.42 Å². The van der Waals surface area contributed by atoms with Gasteiger partial charge in [0.15, 0.2) is 0 Å². The van der Waals surface area contributed by atoms with Crippen LogP contribution in [0.15, 0.2) is 23.1 Å². The van der Waals surface area contributed by atoms with Gasteiger partial charge in [-0.15, -0.1) is 0 Å². The molecule has 0 spiro atoms. The van der Waals surface area contributed by atoms with Crippen LogP contribution in [0.25, 0.3) is 0 Å². The summed E-state index contributed by atoms with van der Waals surface area (Å²) in [5.41, 5.74) is 1.72. The zero-order chi connectivity index (χ0) is 20.1. The van der Waals surface area contributed by atoms with Crippen LogP contribution in [-0.4, -0.2) is 62.8 Å². The third-order valence-electron chi connectivity index (χ3n) is 5.97. The zero-order valence-corrected chi connectivity index (χ0v) is 17.9. The molecule has 7 heteroatoms. The average molecular weight is 408 g/mol. The number of aryl methyl sites for hydroxylation is 2. The third kappa shape index (κ3) is 5.33. The number of rotatable bonds is 6. The standard InChI is InChI=1S/C21H33N3O3S/c1-17-8-9-18(2)20(14-17)28(26,27)24-12-10-23(11-13-24)16-21(25)22-15-19-6-4-3-5-7-19/h8-9,14,19H,3-7,10-13,15-16H2,1-2H3,(H,22,25). The minimum atomic E-state index is -3.49. The van der Waals surface area contributed by atoms with Crippen molar-refractivity contribution in [2.45, 2.75) is 50.8 Å². The number of carbonyl (C=O) groups is 1. The Kier molecular flexibility index (Phi) is 7.12. The number of sulfonamides is 1. The molecule has 1 saturated heterocycles. The fraction of sp³-hybridized carbons (Fsp3) is 0.667. The van der Waals surface area contributed by atoms with E-state index in [0.717, 1.165) is 17.7 Å². The molecular formula is C21H33N3O3S.